The molecule has 1 aromatic rings. The van der Waals surface area contributed by atoms with Crippen LogP contribution < -0.4 is 5.73 Å². The second-order valence-corrected chi connectivity index (χ2v) is 5.96. The molecule has 0 radical (unpaired) electrons. The van der Waals surface area contributed by atoms with Crippen molar-refractivity contribution in [2.75, 3.05) is 6.61 Å². The Morgan fingerprint density at radius 2 is 1.89 bits per heavy atom. The number of carbonyl (C=O) groups is 1. The van der Waals surface area contributed by atoms with Crippen LogP contribution in [0.4, 0.5) is 0 Å². The Labute approximate surface area is 114 Å². The predicted molar refractivity (Wildman–Crippen MR) is 74.8 cm³/mol. The molecule has 0 bridgehead atoms. The summed E-state index contributed by atoms with van der Waals surface area (Å²) in [4.78, 5) is 11.7. The Kier molecular flexibility index (Phi) is 5.36. The Balaban J connectivity index is 2.38. The van der Waals surface area contributed by atoms with Gasteiger partial charge in [-0.15, -0.1) is 0 Å². The zero-order valence-electron chi connectivity index (χ0n) is 11.8. The van der Waals surface area contributed by atoms with Gasteiger partial charge in [-0.1, -0.05) is 32.9 Å². The van der Waals surface area contributed by atoms with Gasteiger partial charge in [-0.2, -0.15) is 0 Å². The highest BCUT2D eigenvalue weighted by molar-refractivity contribution is 5.75. The number of rotatable bonds is 5. The topological polar surface area (TPSA) is 72.5 Å². The highest BCUT2D eigenvalue weighted by Gasteiger charge is 2.17. The monoisotopic (exact) mass is 265 g/mol. The summed E-state index contributed by atoms with van der Waals surface area (Å²) in [6.45, 7) is 6.68. The highest BCUT2D eigenvalue weighted by atomic mass is 16.5. The highest BCUT2D eigenvalue weighted by Crippen LogP contribution is 2.18. The number of carbonyl (C=O) groups excluding carboxylic acids is 1. The molecule has 1 rings (SSSR count). The SMILES string of the molecule is CC(C)(C)CCOC(=O)C(N)Cc1ccc(O)cc1. The van der Waals surface area contributed by atoms with E-state index in [1.807, 2.05) is 0 Å². The maximum atomic E-state index is 11.7. The van der Waals surface area contributed by atoms with Gasteiger partial charge in [0.15, 0.2) is 0 Å². The third-order valence-corrected chi connectivity index (χ3v) is 2.79. The van der Waals surface area contributed by atoms with Crippen LogP contribution in [-0.4, -0.2) is 23.7 Å². The van der Waals surface area contributed by atoms with Gasteiger partial charge in [0.25, 0.3) is 0 Å². The molecule has 0 aliphatic rings. The minimum atomic E-state index is -0.662. The van der Waals surface area contributed by atoms with Crippen molar-refractivity contribution >= 4 is 5.97 Å². The largest absolute Gasteiger partial charge is 0.508 e. The molecule has 0 saturated heterocycles. The summed E-state index contributed by atoms with van der Waals surface area (Å²) >= 11 is 0. The standard InChI is InChI=1S/C15H23NO3/c1-15(2,3)8-9-19-14(18)13(16)10-11-4-6-12(17)7-5-11/h4-7,13,17H,8-10,16H2,1-3H3. The molecule has 0 saturated carbocycles. The van der Waals surface area contributed by atoms with Crippen molar-refractivity contribution in [1.82, 2.24) is 0 Å². The van der Waals surface area contributed by atoms with Crippen molar-refractivity contribution in [3.05, 3.63) is 29.8 Å². The first-order valence-corrected chi connectivity index (χ1v) is 6.48. The van der Waals surface area contributed by atoms with Gasteiger partial charge in [0.05, 0.1) is 6.61 Å². The summed E-state index contributed by atoms with van der Waals surface area (Å²) in [5.41, 5.74) is 6.84. The Hall–Kier alpha value is -1.55. The van der Waals surface area contributed by atoms with Crippen molar-refractivity contribution in [2.45, 2.75) is 39.7 Å². The number of benzene rings is 1. The van der Waals surface area contributed by atoms with Gasteiger partial charge >= 0.3 is 5.97 Å². The number of phenols is 1. The number of esters is 1. The lowest BCUT2D eigenvalue weighted by atomic mass is 9.93. The minimum absolute atomic E-state index is 0.140. The zero-order chi connectivity index (χ0) is 14.5. The van der Waals surface area contributed by atoms with E-state index in [9.17, 15) is 4.79 Å². The Bertz CT molecular complexity index is 406. The van der Waals surface area contributed by atoms with Crippen molar-refractivity contribution in [3.63, 3.8) is 0 Å². The molecule has 0 heterocycles. The van der Waals surface area contributed by atoms with Crippen molar-refractivity contribution in [3.8, 4) is 5.75 Å². The first kappa shape index (κ1) is 15.5. The summed E-state index contributed by atoms with van der Waals surface area (Å²) in [6, 6.07) is 5.99. The Morgan fingerprint density at radius 3 is 2.42 bits per heavy atom. The van der Waals surface area contributed by atoms with Gasteiger partial charge < -0.3 is 15.6 Å². The van der Waals surface area contributed by atoms with E-state index in [1.165, 1.54) is 0 Å². The lowest BCUT2D eigenvalue weighted by Crippen LogP contribution is -2.34. The van der Waals surface area contributed by atoms with Crippen molar-refractivity contribution in [1.29, 1.82) is 0 Å². The average molecular weight is 265 g/mol. The molecule has 1 atom stereocenters. The quantitative estimate of drug-likeness (QED) is 0.801. The second kappa shape index (κ2) is 6.57. The Morgan fingerprint density at radius 1 is 1.32 bits per heavy atom. The predicted octanol–water partition coefficient (Wildman–Crippen LogP) is 2.24. The average Bonchev–Trinajstić information content (AvgIpc) is 2.30. The van der Waals surface area contributed by atoms with E-state index in [2.05, 4.69) is 20.8 Å². The number of nitrogens with two attached hydrogens (primary N) is 1. The maximum absolute atomic E-state index is 11.7. The summed E-state index contributed by atoms with van der Waals surface area (Å²) < 4.78 is 5.16. The van der Waals surface area contributed by atoms with Crippen LogP contribution in [0, 0.1) is 5.41 Å². The molecule has 4 nitrogen and oxygen atoms in total. The molecule has 19 heavy (non-hydrogen) atoms. The third kappa shape index (κ3) is 6.25. The van der Waals surface area contributed by atoms with Crippen LogP contribution in [-0.2, 0) is 16.0 Å². The minimum Gasteiger partial charge on any atom is -0.508 e. The van der Waals surface area contributed by atoms with Gasteiger partial charge in [0.2, 0.25) is 0 Å². The van der Waals surface area contributed by atoms with Gasteiger partial charge in [-0.05, 0) is 36.0 Å². The van der Waals surface area contributed by atoms with Crippen LogP contribution in [0.3, 0.4) is 0 Å². The smallest absolute Gasteiger partial charge is 0.323 e. The lowest BCUT2D eigenvalue weighted by Gasteiger charge is -2.18. The van der Waals surface area contributed by atoms with Crippen LogP contribution in [0.25, 0.3) is 0 Å². The van der Waals surface area contributed by atoms with Gasteiger partial charge in [-0.3, -0.25) is 4.79 Å². The van der Waals surface area contributed by atoms with E-state index in [0.29, 0.717) is 13.0 Å². The number of phenolic OH excluding ortho intramolecular Hbond substituents is 1. The fourth-order valence-electron chi connectivity index (χ4n) is 1.53. The van der Waals surface area contributed by atoms with E-state index in [-0.39, 0.29) is 17.1 Å². The second-order valence-electron chi connectivity index (χ2n) is 5.96. The number of ether oxygens (including phenoxy) is 1. The van der Waals surface area contributed by atoms with Crippen LogP contribution in [0.15, 0.2) is 24.3 Å². The van der Waals surface area contributed by atoms with Crippen LogP contribution in [0.1, 0.15) is 32.8 Å². The van der Waals surface area contributed by atoms with Crippen LogP contribution in [0.5, 0.6) is 5.75 Å². The van der Waals surface area contributed by atoms with Gasteiger partial charge in [-0.25, -0.2) is 0 Å². The van der Waals surface area contributed by atoms with E-state index >= 15 is 0 Å². The molecule has 0 aliphatic heterocycles. The van der Waals surface area contributed by atoms with Crippen LogP contribution >= 0.6 is 0 Å². The molecular weight excluding hydrogens is 242 g/mol. The summed E-state index contributed by atoms with van der Waals surface area (Å²) in [5, 5.41) is 9.17. The van der Waals surface area contributed by atoms with Gasteiger partial charge in [0.1, 0.15) is 11.8 Å². The van der Waals surface area contributed by atoms with E-state index in [1.54, 1.807) is 24.3 Å². The van der Waals surface area contributed by atoms with E-state index in [0.717, 1.165) is 12.0 Å². The molecule has 1 aromatic carbocycles. The molecule has 106 valence electrons. The molecule has 0 aliphatic carbocycles. The number of hydrogen-bond donors (Lipinski definition) is 2. The number of hydrogen-bond acceptors (Lipinski definition) is 4. The van der Waals surface area contributed by atoms with Crippen LogP contribution in [0.2, 0.25) is 0 Å². The summed E-state index contributed by atoms with van der Waals surface area (Å²) in [7, 11) is 0. The molecular formula is C15H23NO3. The van der Waals surface area contributed by atoms with Crippen molar-refractivity contribution in [2.24, 2.45) is 11.1 Å². The first-order chi connectivity index (χ1) is 8.78. The maximum Gasteiger partial charge on any atom is 0.323 e. The molecule has 0 amide bonds. The van der Waals surface area contributed by atoms with E-state index < -0.39 is 6.04 Å². The molecule has 3 N–H and O–H groups in total. The summed E-state index contributed by atoms with van der Waals surface area (Å²) in [5.74, 6) is -0.178. The lowest BCUT2D eigenvalue weighted by molar-refractivity contribution is -0.145. The molecule has 1 unspecified atom stereocenters. The first-order valence-electron chi connectivity index (χ1n) is 6.48. The van der Waals surface area contributed by atoms with Gasteiger partial charge in [0, 0.05) is 0 Å². The molecule has 4 heteroatoms. The molecule has 0 spiro atoms. The molecule has 0 aromatic heterocycles. The normalized spacial score (nSPS) is 13.1. The summed E-state index contributed by atoms with van der Waals surface area (Å²) in [6.07, 6.45) is 1.22. The fraction of sp³-hybridized carbons (Fsp3) is 0.533. The molecule has 0 fully saturated rings. The zero-order valence-corrected chi connectivity index (χ0v) is 11.8. The van der Waals surface area contributed by atoms with Crippen molar-refractivity contribution < 1.29 is 14.6 Å². The third-order valence-electron chi connectivity index (χ3n) is 2.79. The number of aromatic hydroxyl groups is 1. The van der Waals surface area contributed by atoms with E-state index in [4.69, 9.17) is 15.6 Å². The fourth-order valence-corrected chi connectivity index (χ4v) is 1.53.